The standard InChI is InChI=1S/C19H22N8OS/c1-12(28)13-5-4-6-14(7-13)23-19-24-15(9-22-27(3)18(20)29)8-16(25-19)17-10-21-11-26(17)2/h4-12,28H,1-3H3,(H2,20,29)(H,23,24,25)/b22-9+. The molecule has 0 aliphatic heterocycles. The van der Waals surface area contributed by atoms with Crippen molar-refractivity contribution >= 4 is 35.2 Å². The number of hydrogen-bond donors (Lipinski definition) is 3. The van der Waals surface area contributed by atoms with Crippen LogP contribution in [0.4, 0.5) is 11.6 Å². The van der Waals surface area contributed by atoms with Gasteiger partial charge in [-0.25, -0.2) is 20.0 Å². The van der Waals surface area contributed by atoms with Crippen LogP contribution in [0, 0.1) is 0 Å². The van der Waals surface area contributed by atoms with Crippen LogP contribution in [0.25, 0.3) is 11.4 Å². The number of imidazole rings is 1. The van der Waals surface area contributed by atoms with Gasteiger partial charge in [-0.15, -0.1) is 0 Å². The van der Waals surface area contributed by atoms with Crippen molar-refractivity contribution in [3.63, 3.8) is 0 Å². The number of nitrogens with one attached hydrogen (secondary N) is 1. The summed E-state index contributed by atoms with van der Waals surface area (Å²) in [6.45, 7) is 1.71. The summed E-state index contributed by atoms with van der Waals surface area (Å²) in [5.74, 6) is 0.380. The number of aryl methyl sites for hydroxylation is 1. The number of hydrazone groups is 1. The number of rotatable bonds is 6. The van der Waals surface area contributed by atoms with Crippen molar-refractivity contribution in [2.45, 2.75) is 13.0 Å². The second kappa shape index (κ2) is 8.76. The first-order valence-corrected chi connectivity index (χ1v) is 9.22. The fourth-order valence-electron chi connectivity index (χ4n) is 2.53. The maximum absolute atomic E-state index is 9.81. The molecule has 0 saturated carbocycles. The molecule has 1 atom stereocenters. The van der Waals surface area contributed by atoms with Gasteiger partial charge in [-0.1, -0.05) is 12.1 Å². The van der Waals surface area contributed by atoms with Gasteiger partial charge in [-0.05, 0) is 42.9 Å². The zero-order valence-electron chi connectivity index (χ0n) is 16.3. The minimum atomic E-state index is -0.572. The Labute approximate surface area is 173 Å². The molecule has 150 valence electrons. The largest absolute Gasteiger partial charge is 0.389 e. The molecule has 29 heavy (non-hydrogen) atoms. The van der Waals surface area contributed by atoms with Crippen LogP contribution >= 0.6 is 12.2 Å². The molecular weight excluding hydrogens is 388 g/mol. The van der Waals surface area contributed by atoms with Gasteiger partial charge < -0.3 is 20.7 Å². The van der Waals surface area contributed by atoms with Crippen LogP contribution in [0.2, 0.25) is 0 Å². The molecular formula is C19H22N8OS. The molecule has 9 nitrogen and oxygen atoms in total. The van der Waals surface area contributed by atoms with E-state index >= 15 is 0 Å². The fraction of sp³-hybridized carbons (Fsp3) is 0.211. The molecule has 0 aliphatic rings. The summed E-state index contributed by atoms with van der Waals surface area (Å²) < 4.78 is 1.86. The summed E-state index contributed by atoms with van der Waals surface area (Å²) in [7, 11) is 3.54. The molecule has 3 aromatic rings. The minimum Gasteiger partial charge on any atom is -0.389 e. The van der Waals surface area contributed by atoms with Crippen LogP contribution in [-0.4, -0.2) is 48.0 Å². The average molecular weight is 411 g/mol. The predicted molar refractivity (Wildman–Crippen MR) is 117 cm³/mol. The lowest BCUT2D eigenvalue weighted by Gasteiger charge is -2.12. The Bertz CT molecular complexity index is 1050. The first kappa shape index (κ1) is 20.4. The second-order valence-corrected chi connectivity index (χ2v) is 6.84. The number of aliphatic hydroxyl groups excluding tert-OH is 1. The van der Waals surface area contributed by atoms with Crippen LogP contribution in [0.3, 0.4) is 0 Å². The van der Waals surface area contributed by atoms with Crippen molar-refractivity contribution in [1.82, 2.24) is 24.5 Å². The molecule has 0 saturated heterocycles. The Morgan fingerprint density at radius 3 is 2.83 bits per heavy atom. The van der Waals surface area contributed by atoms with E-state index in [-0.39, 0.29) is 5.11 Å². The predicted octanol–water partition coefficient (Wildman–Crippen LogP) is 2.18. The molecule has 0 radical (unpaired) electrons. The lowest BCUT2D eigenvalue weighted by Crippen LogP contribution is -2.27. The molecule has 0 fully saturated rings. The van der Waals surface area contributed by atoms with Crippen molar-refractivity contribution in [3.05, 3.63) is 54.1 Å². The van der Waals surface area contributed by atoms with Gasteiger partial charge in [0.2, 0.25) is 5.95 Å². The number of thiocarbonyl (C=S) groups is 1. The van der Waals surface area contributed by atoms with Crippen LogP contribution in [0.5, 0.6) is 0 Å². The third kappa shape index (κ3) is 5.12. The molecule has 4 N–H and O–H groups in total. The van der Waals surface area contributed by atoms with E-state index in [9.17, 15) is 5.11 Å². The van der Waals surface area contributed by atoms with Gasteiger partial charge in [0.15, 0.2) is 5.11 Å². The van der Waals surface area contributed by atoms with Gasteiger partial charge in [-0.3, -0.25) is 0 Å². The third-order valence-electron chi connectivity index (χ3n) is 4.13. The van der Waals surface area contributed by atoms with Crippen molar-refractivity contribution in [2.75, 3.05) is 12.4 Å². The number of nitrogens with zero attached hydrogens (tertiary/aromatic N) is 6. The van der Waals surface area contributed by atoms with Gasteiger partial charge in [0.05, 0.1) is 41.9 Å². The first-order valence-electron chi connectivity index (χ1n) is 8.81. The summed E-state index contributed by atoms with van der Waals surface area (Å²) in [5, 5.41) is 18.7. The Morgan fingerprint density at radius 2 is 2.17 bits per heavy atom. The van der Waals surface area contributed by atoms with E-state index in [0.717, 1.165) is 16.9 Å². The highest BCUT2D eigenvalue weighted by Gasteiger charge is 2.10. The van der Waals surface area contributed by atoms with E-state index in [4.69, 9.17) is 18.0 Å². The van der Waals surface area contributed by atoms with Gasteiger partial charge in [0, 0.05) is 19.8 Å². The topological polar surface area (TPSA) is 117 Å². The fourth-order valence-corrected chi connectivity index (χ4v) is 2.58. The van der Waals surface area contributed by atoms with E-state index in [1.165, 1.54) is 5.01 Å². The van der Waals surface area contributed by atoms with Gasteiger partial charge in [0.1, 0.15) is 0 Å². The van der Waals surface area contributed by atoms with E-state index in [2.05, 4.69) is 25.4 Å². The molecule has 0 aliphatic carbocycles. The van der Waals surface area contributed by atoms with E-state index in [1.54, 1.807) is 38.8 Å². The monoisotopic (exact) mass is 410 g/mol. The van der Waals surface area contributed by atoms with Crippen LogP contribution in [0.1, 0.15) is 24.3 Å². The highest BCUT2D eigenvalue weighted by molar-refractivity contribution is 7.80. The molecule has 1 unspecified atom stereocenters. The summed E-state index contributed by atoms with van der Waals surface area (Å²) in [4.78, 5) is 13.2. The summed E-state index contributed by atoms with van der Waals surface area (Å²) in [6, 6.07) is 9.23. The molecule has 0 spiro atoms. The summed E-state index contributed by atoms with van der Waals surface area (Å²) in [6.07, 6.45) is 4.41. The van der Waals surface area contributed by atoms with Crippen molar-refractivity contribution < 1.29 is 5.11 Å². The second-order valence-electron chi connectivity index (χ2n) is 6.42. The lowest BCUT2D eigenvalue weighted by molar-refractivity contribution is 0.199. The Hall–Kier alpha value is -3.37. The minimum absolute atomic E-state index is 0.149. The van der Waals surface area contributed by atoms with Crippen molar-refractivity contribution in [1.29, 1.82) is 0 Å². The summed E-state index contributed by atoms with van der Waals surface area (Å²) >= 11 is 4.90. The number of anilines is 2. The SMILES string of the molecule is CC(O)c1cccc(Nc2nc(/C=N/N(C)C(N)=S)cc(-c3cncn3C)n2)c1. The number of nitrogens with two attached hydrogens (primary N) is 1. The van der Waals surface area contributed by atoms with Crippen LogP contribution in [0.15, 0.2) is 48.0 Å². The Morgan fingerprint density at radius 1 is 1.38 bits per heavy atom. The summed E-state index contributed by atoms with van der Waals surface area (Å²) in [5.41, 5.74) is 9.17. The Kier molecular flexibility index (Phi) is 6.15. The molecule has 0 bridgehead atoms. The zero-order valence-corrected chi connectivity index (χ0v) is 17.1. The maximum atomic E-state index is 9.81. The average Bonchev–Trinajstić information content (AvgIpc) is 3.12. The number of benzene rings is 1. The van der Waals surface area contributed by atoms with Crippen molar-refractivity contribution in [3.8, 4) is 11.4 Å². The molecule has 0 amide bonds. The molecule has 2 heterocycles. The van der Waals surface area contributed by atoms with E-state index in [0.29, 0.717) is 17.3 Å². The van der Waals surface area contributed by atoms with Gasteiger partial charge in [0.25, 0.3) is 0 Å². The number of aliphatic hydroxyl groups is 1. The van der Waals surface area contributed by atoms with Crippen molar-refractivity contribution in [2.24, 2.45) is 17.9 Å². The van der Waals surface area contributed by atoms with Gasteiger partial charge >= 0.3 is 0 Å². The molecule has 3 rings (SSSR count). The maximum Gasteiger partial charge on any atom is 0.228 e. The smallest absolute Gasteiger partial charge is 0.228 e. The van der Waals surface area contributed by atoms with Crippen LogP contribution < -0.4 is 11.1 Å². The molecule has 2 aromatic heterocycles. The first-order chi connectivity index (χ1) is 13.8. The van der Waals surface area contributed by atoms with E-state index < -0.39 is 6.10 Å². The van der Waals surface area contributed by atoms with Crippen LogP contribution in [-0.2, 0) is 7.05 Å². The molecule has 10 heteroatoms. The third-order valence-corrected chi connectivity index (χ3v) is 4.40. The van der Waals surface area contributed by atoms with Gasteiger partial charge in [-0.2, -0.15) is 5.10 Å². The number of hydrogen-bond acceptors (Lipinski definition) is 7. The normalized spacial score (nSPS) is 12.1. The quantitative estimate of drug-likeness (QED) is 0.322. The molecule has 1 aromatic carbocycles. The Balaban J connectivity index is 1.99. The van der Waals surface area contributed by atoms with E-state index in [1.807, 2.05) is 35.9 Å². The zero-order chi connectivity index (χ0) is 21.0. The highest BCUT2D eigenvalue weighted by atomic mass is 32.1. The number of aromatic nitrogens is 4. The highest BCUT2D eigenvalue weighted by Crippen LogP contribution is 2.22. The lowest BCUT2D eigenvalue weighted by atomic mass is 10.1.